The molecule has 0 unspecified atom stereocenters. The van der Waals surface area contributed by atoms with Gasteiger partial charge in [-0.2, -0.15) is 0 Å². The summed E-state index contributed by atoms with van der Waals surface area (Å²) in [7, 11) is 0. The number of unbranched alkanes of at least 4 members (excludes halogenated alkanes) is 22. The van der Waals surface area contributed by atoms with Crippen molar-refractivity contribution < 1.29 is 19.1 Å². The lowest BCUT2D eigenvalue weighted by atomic mass is 10.0. The van der Waals surface area contributed by atoms with Crippen molar-refractivity contribution in [2.45, 2.75) is 227 Å². The van der Waals surface area contributed by atoms with E-state index >= 15 is 0 Å². The third-order valence-corrected chi connectivity index (χ3v) is 8.68. The number of carbonyl (C=O) groups is 2. The van der Waals surface area contributed by atoms with E-state index < -0.39 is 6.29 Å². The summed E-state index contributed by atoms with van der Waals surface area (Å²) in [5, 5.41) is 0. The van der Waals surface area contributed by atoms with Crippen molar-refractivity contribution in [1.82, 2.24) is 0 Å². The molecule has 0 aliphatic heterocycles. The molecule has 0 aromatic carbocycles. The van der Waals surface area contributed by atoms with Crippen LogP contribution in [0.5, 0.6) is 0 Å². The summed E-state index contributed by atoms with van der Waals surface area (Å²) in [5.41, 5.74) is 0. The van der Waals surface area contributed by atoms with Crippen molar-refractivity contribution in [2.75, 3.05) is 0 Å². The standard InChI is InChI=1S/C39H76O4/c1-6-39(42-37(40)33-29-25-21-17-13-9-7-11-15-19-23-27-31-35(2)3)43-38(41)34-30-26-22-18-14-10-8-12-16-20-24-28-32-36(4)5/h35-36,39H,6-34H2,1-5H3. The molecule has 0 rings (SSSR count). The molecule has 0 aliphatic carbocycles. The van der Waals surface area contributed by atoms with E-state index in [2.05, 4.69) is 27.7 Å². The molecule has 4 heteroatoms. The fourth-order valence-electron chi connectivity index (χ4n) is 5.78. The van der Waals surface area contributed by atoms with Crippen LogP contribution in [0.25, 0.3) is 0 Å². The van der Waals surface area contributed by atoms with Crippen LogP contribution in [0.4, 0.5) is 0 Å². The third kappa shape index (κ3) is 33.7. The van der Waals surface area contributed by atoms with Gasteiger partial charge < -0.3 is 9.47 Å². The predicted molar refractivity (Wildman–Crippen MR) is 185 cm³/mol. The minimum absolute atomic E-state index is 0.237. The molecule has 0 bridgehead atoms. The highest BCUT2D eigenvalue weighted by atomic mass is 16.7. The first-order chi connectivity index (χ1) is 20.8. The Balaban J connectivity index is 3.52. The van der Waals surface area contributed by atoms with E-state index in [9.17, 15) is 9.59 Å². The second-order valence-electron chi connectivity index (χ2n) is 14.2. The number of hydrogen-bond acceptors (Lipinski definition) is 4. The lowest BCUT2D eigenvalue weighted by molar-refractivity contribution is -0.188. The first kappa shape index (κ1) is 41.9. The lowest BCUT2D eigenvalue weighted by Gasteiger charge is -2.16. The van der Waals surface area contributed by atoms with Gasteiger partial charge in [0.15, 0.2) is 0 Å². The van der Waals surface area contributed by atoms with Crippen LogP contribution in [0.1, 0.15) is 221 Å². The zero-order chi connectivity index (χ0) is 31.8. The van der Waals surface area contributed by atoms with Crippen molar-refractivity contribution in [3.63, 3.8) is 0 Å². The van der Waals surface area contributed by atoms with Gasteiger partial charge in [-0.05, 0) is 24.7 Å². The normalized spacial score (nSPS) is 11.6. The van der Waals surface area contributed by atoms with Crippen LogP contribution in [0.2, 0.25) is 0 Å². The zero-order valence-corrected chi connectivity index (χ0v) is 29.9. The summed E-state index contributed by atoms with van der Waals surface area (Å²) in [5.74, 6) is 1.22. The molecule has 256 valence electrons. The quantitative estimate of drug-likeness (QED) is 0.0422. The predicted octanol–water partition coefficient (Wildman–Crippen LogP) is 13.0. The molecule has 0 N–H and O–H groups in total. The fourth-order valence-corrected chi connectivity index (χ4v) is 5.78. The Morgan fingerprint density at radius 2 is 0.628 bits per heavy atom. The molecule has 0 radical (unpaired) electrons. The Bertz CT molecular complexity index is 550. The lowest BCUT2D eigenvalue weighted by Crippen LogP contribution is -2.23. The number of rotatable bonds is 33. The third-order valence-electron chi connectivity index (χ3n) is 8.68. The first-order valence-corrected chi connectivity index (χ1v) is 19.2. The van der Waals surface area contributed by atoms with Crippen LogP contribution in [-0.4, -0.2) is 18.2 Å². The van der Waals surface area contributed by atoms with E-state index in [4.69, 9.17) is 9.47 Å². The molecule has 0 spiro atoms. The smallest absolute Gasteiger partial charge is 0.308 e. The average molecular weight is 609 g/mol. The number of carbonyl (C=O) groups excluding carboxylic acids is 2. The second kappa shape index (κ2) is 32.3. The van der Waals surface area contributed by atoms with Gasteiger partial charge in [-0.25, -0.2) is 0 Å². The molecular weight excluding hydrogens is 532 g/mol. The van der Waals surface area contributed by atoms with Crippen molar-refractivity contribution in [1.29, 1.82) is 0 Å². The van der Waals surface area contributed by atoms with Crippen LogP contribution >= 0.6 is 0 Å². The number of hydrogen-bond donors (Lipinski definition) is 0. The van der Waals surface area contributed by atoms with Crippen molar-refractivity contribution in [3.8, 4) is 0 Å². The van der Waals surface area contributed by atoms with Gasteiger partial charge in [-0.15, -0.1) is 0 Å². The maximum absolute atomic E-state index is 12.2. The Hall–Kier alpha value is -1.06. The van der Waals surface area contributed by atoms with Crippen LogP contribution in [-0.2, 0) is 19.1 Å². The van der Waals surface area contributed by atoms with Gasteiger partial charge >= 0.3 is 11.9 Å². The van der Waals surface area contributed by atoms with Crippen LogP contribution in [0, 0.1) is 11.8 Å². The topological polar surface area (TPSA) is 52.6 Å². The largest absolute Gasteiger partial charge is 0.425 e. The van der Waals surface area contributed by atoms with Crippen LogP contribution < -0.4 is 0 Å². The van der Waals surface area contributed by atoms with Crippen molar-refractivity contribution in [3.05, 3.63) is 0 Å². The molecule has 0 fully saturated rings. The van der Waals surface area contributed by atoms with Crippen LogP contribution in [0.15, 0.2) is 0 Å². The second-order valence-corrected chi connectivity index (χ2v) is 14.2. The zero-order valence-electron chi connectivity index (χ0n) is 29.9. The highest BCUT2D eigenvalue weighted by molar-refractivity contribution is 5.71. The maximum atomic E-state index is 12.2. The monoisotopic (exact) mass is 609 g/mol. The first-order valence-electron chi connectivity index (χ1n) is 19.2. The van der Waals surface area contributed by atoms with Gasteiger partial charge in [-0.3, -0.25) is 9.59 Å². The number of ether oxygens (including phenoxy) is 2. The van der Waals surface area contributed by atoms with Crippen molar-refractivity contribution >= 4 is 11.9 Å². The summed E-state index contributed by atoms with van der Waals surface area (Å²) in [6, 6.07) is 0. The van der Waals surface area contributed by atoms with E-state index in [0.29, 0.717) is 19.3 Å². The summed E-state index contributed by atoms with van der Waals surface area (Å²) in [6.45, 7) is 11.2. The van der Waals surface area contributed by atoms with Gasteiger partial charge in [0.1, 0.15) is 0 Å². The van der Waals surface area contributed by atoms with E-state index in [0.717, 1.165) is 37.5 Å². The van der Waals surface area contributed by atoms with E-state index in [1.54, 1.807) is 0 Å². The molecule has 4 nitrogen and oxygen atoms in total. The Morgan fingerprint density at radius 3 is 0.860 bits per heavy atom. The summed E-state index contributed by atoms with van der Waals surface area (Å²) >= 11 is 0. The molecule has 43 heavy (non-hydrogen) atoms. The van der Waals surface area contributed by atoms with Gasteiger partial charge in [0.05, 0.1) is 0 Å². The molecule has 0 saturated heterocycles. The summed E-state index contributed by atoms with van der Waals surface area (Å²) in [4.78, 5) is 24.4. The van der Waals surface area contributed by atoms with Gasteiger partial charge in [-0.1, -0.05) is 189 Å². The molecular formula is C39H76O4. The Labute approximate surface area is 269 Å². The minimum atomic E-state index is -0.731. The summed E-state index contributed by atoms with van der Waals surface area (Å²) < 4.78 is 10.9. The molecule has 0 heterocycles. The van der Waals surface area contributed by atoms with Crippen LogP contribution in [0.3, 0.4) is 0 Å². The molecule has 0 aliphatic rings. The Morgan fingerprint density at radius 1 is 0.395 bits per heavy atom. The molecule has 0 atom stereocenters. The average Bonchev–Trinajstić information content (AvgIpc) is 2.96. The maximum Gasteiger partial charge on any atom is 0.308 e. The highest BCUT2D eigenvalue weighted by Crippen LogP contribution is 2.17. The van der Waals surface area contributed by atoms with E-state index in [1.807, 2.05) is 6.92 Å². The van der Waals surface area contributed by atoms with Gasteiger partial charge in [0.25, 0.3) is 0 Å². The van der Waals surface area contributed by atoms with Gasteiger partial charge in [0, 0.05) is 19.3 Å². The van der Waals surface area contributed by atoms with Gasteiger partial charge in [0.2, 0.25) is 6.29 Å². The summed E-state index contributed by atoms with van der Waals surface area (Å²) in [6.07, 6.45) is 34.1. The minimum Gasteiger partial charge on any atom is -0.425 e. The fraction of sp³-hybridized carbons (Fsp3) is 0.949. The molecule has 0 aromatic rings. The molecule has 0 amide bonds. The molecule has 0 saturated carbocycles. The highest BCUT2D eigenvalue weighted by Gasteiger charge is 2.16. The molecule has 0 aromatic heterocycles. The Kier molecular flexibility index (Phi) is 31.5. The van der Waals surface area contributed by atoms with E-state index in [-0.39, 0.29) is 11.9 Å². The SMILES string of the molecule is CCC(OC(=O)CCCCCCCCCCCCCCC(C)C)OC(=O)CCCCCCCCCCCCCCC(C)C. The van der Waals surface area contributed by atoms with E-state index in [1.165, 1.54) is 141 Å². The van der Waals surface area contributed by atoms with Crippen molar-refractivity contribution in [2.24, 2.45) is 11.8 Å². The number of esters is 2.